The molecule has 0 N–H and O–H groups in total. The Morgan fingerprint density at radius 1 is 1.07 bits per heavy atom. The molecule has 0 amide bonds. The first kappa shape index (κ1) is 9.45. The fourth-order valence-electron chi connectivity index (χ4n) is 1.19. The molecule has 1 aromatic heterocycles. The highest BCUT2D eigenvalue weighted by Gasteiger charge is 2.14. The third-order valence-corrected chi connectivity index (χ3v) is 2.88. The molecule has 0 radical (unpaired) electrons. The van der Waals surface area contributed by atoms with Crippen LogP contribution < -0.4 is 0 Å². The molecule has 0 saturated carbocycles. The molecule has 0 saturated heterocycles. The standard InChI is InChI=1S/C9H4F4S/c10-4-1-6(11)5-3-8(9(12)13)14-7(5)2-4/h1-3,9H. The van der Waals surface area contributed by atoms with Crippen LogP contribution in [0.15, 0.2) is 18.2 Å². The normalized spacial score (nSPS) is 11.5. The van der Waals surface area contributed by atoms with Crippen molar-refractivity contribution in [3.63, 3.8) is 0 Å². The summed E-state index contributed by atoms with van der Waals surface area (Å²) in [7, 11) is 0. The van der Waals surface area contributed by atoms with Crippen molar-refractivity contribution in [1.82, 2.24) is 0 Å². The molecule has 0 bridgehead atoms. The van der Waals surface area contributed by atoms with Crippen LogP contribution >= 0.6 is 11.3 Å². The molecule has 0 unspecified atom stereocenters. The highest BCUT2D eigenvalue weighted by atomic mass is 32.1. The van der Waals surface area contributed by atoms with E-state index in [1.807, 2.05) is 0 Å². The topological polar surface area (TPSA) is 0 Å². The third kappa shape index (κ3) is 1.48. The van der Waals surface area contributed by atoms with E-state index in [0.29, 0.717) is 17.4 Å². The van der Waals surface area contributed by atoms with Crippen molar-refractivity contribution in [2.24, 2.45) is 0 Å². The Labute approximate surface area is 80.8 Å². The molecule has 2 aromatic rings. The lowest BCUT2D eigenvalue weighted by Gasteiger charge is -1.91. The van der Waals surface area contributed by atoms with Crippen molar-refractivity contribution in [2.45, 2.75) is 6.43 Å². The van der Waals surface area contributed by atoms with Crippen LogP contribution in [-0.4, -0.2) is 0 Å². The van der Waals surface area contributed by atoms with Gasteiger partial charge < -0.3 is 0 Å². The molecule has 0 aliphatic rings. The lowest BCUT2D eigenvalue weighted by molar-refractivity contribution is 0.156. The Morgan fingerprint density at radius 2 is 1.79 bits per heavy atom. The van der Waals surface area contributed by atoms with Gasteiger partial charge in [-0.2, -0.15) is 0 Å². The molecule has 1 heterocycles. The number of benzene rings is 1. The second kappa shape index (κ2) is 3.24. The summed E-state index contributed by atoms with van der Waals surface area (Å²) in [5, 5.41) is 0.0479. The predicted molar refractivity (Wildman–Crippen MR) is 46.7 cm³/mol. The summed E-state index contributed by atoms with van der Waals surface area (Å²) in [6.07, 6.45) is -2.64. The van der Waals surface area contributed by atoms with Crippen LogP contribution in [0.1, 0.15) is 11.3 Å². The van der Waals surface area contributed by atoms with Gasteiger partial charge in [0.2, 0.25) is 0 Å². The van der Waals surface area contributed by atoms with Gasteiger partial charge in [0, 0.05) is 16.2 Å². The van der Waals surface area contributed by atoms with E-state index in [9.17, 15) is 17.6 Å². The Morgan fingerprint density at radius 3 is 2.43 bits per heavy atom. The summed E-state index contributed by atoms with van der Waals surface area (Å²) < 4.78 is 50.4. The molecule has 0 aliphatic heterocycles. The Bertz CT molecular complexity index is 475. The fraction of sp³-hybridized carbons (Fsp3) is 0.111. The average Bonchev–Trinajstić information content (AvgIpc) is 2.47. The molecule has 0 atom stereocenters. The zero-order valence-electron chi connectivity index (χ0n) is 6.73. The molecule has 74 valence electrons. The van der Waals surface area contributed by atoms with Crippen molar-refractivity contribution >= 4 is 21.4 Å². The summed E-state index contributed by atoms with van der Waals surface area (Å²) in [5.74, 6) is -1.55. The van der Waals surface area contributed by atoms with E-state index in [2.05, 4.69) is 0 Å². The zero-order valence-corrected chi connectivity index (χ0v) is 7.55. The summed E-state index contributed by atoms with van der Waals surface area (Å²) in [6.45, 7) is 0. The highest BCUT2D eigenvalue weighted by molar-refractivity contribution is 7.19. The number of halogens is 4. The minimum absolute atomic E-state index is 0.0479. The van der Waals surface area contributed by atoms with E-state index in [0.717, 1.165) is 12.1 Å². The maximum Gasteiger partial charge on any atom is 0.272 e. The SMILES string of the molecule is Fc1cc(F)c2cc(C(F)F)sc2c1. The van der Waals surface area contributed by atoms with Gasteiger partial charge in [-0.15, -0.1) is 11.3 Å². The molecular weight excluding hydrogens is 216 g/mol. The quantitative estimate of drug-likeness (QED) is 0.634. The number of hydrogen-bond donors (Lipinski definition) is 0. The lowest BCUT2D eigenvalue weighted by Crippen LogP contribution is -1.78. The van der Waals surface area contributed by atoms with Crippen molar-refractivity contribution in [1.29, 1.82) is 0 Å². The first-order chi connectivity index (χ1) is 6.58. The van der Waals surface area contributed by atoms with Crippen LogP contribution in [0.3, 0.4) is 0 Å². The first-order valence-corrected chi connectivity index (χ1v) is 4.56. The second-order valence-electron chi connectivity index (χ2n) is 2.75. The second-order valence-corrected chi connectivity index (χ2v) is 3.86. The van der Waals surface area contributed by atoms with Gasteiger partial charge in [-0.1, -0.05) is 0 Å². The van der Waals surface area contributed by atoms with Gasteiger partial charge in [0.1, 0.15) is 11.6 Å². The van der Waals surface area contributed by atoms with Gasteiger partial charge in [-0.3, -0.25) is 0 Å². The van der Waals surface area contributed by atoms with E-state index < -0.39 is 18.1 Å². The van der Waals surface area contributed by atoms with Crippen LogP contribution in [0, 0.1) is 11.6 Å². The Balaban J connectivity index is 2.70. The van der Waals surface area contributed by atoms with Gasteiger partial charge in [0.05, 0.1) is 4.88 Å². The Kier molecular flexibility index (Phi) is 2.19. The predicted octanol–water partition coefficient (Wildman–Crippen LogP) is 4.12. The van der Waals surface area contributed by atoms with Crippen LogP contribution in [0.25, 0.3) is 10.1 Å². The van der Waals surface area contributed by atoms with E-state index in [1.54, 1.807) is 0 Å². The number of hydrogen-bond acceptors (Lipinski definition) is 1. The minimum Gasteiger partial charge on any atom is -0.207 e. The molecule has 0 aliphatic carbocycles. The molecule has 14 heavy (non-hydrogen) atoms. The monoisotopic (exact) mass is 220 g/mol. The summed E-state index contributed by atoms with van der Waals surface area (Å²) in [6, 6.07) is 2.79. The highest BCUT2D eigenvalue weighted by Crippen LogP contribution is 2.34. The van der Waals surface area contributed by atoms with E-state index >= 15 is 0 Å². The van der Waals surface area contributed by atoms with Crippen molar-refractivity contribution in [2.75, 3.05) is 0 Å². The van der Waals surface area contributed by atoms with Crippen LogP contribution in [-0.2, 0) is 0 Å². The Hall–Kier alpha value is -1.10. The summed E-state index contributed by atoms with van der Waals surface area (Å²) in [5.41, 5.74) is 0. The van der Waals surface area contributed by atoms with Crippen LogP contribution in [0.5, 0.6) is 0 Å². The van der Waals surface area contributed by atoms with Gasteiger partial charge in [-0.25, -0.2) is 17.6 Å². The number of fused-ring (bicyclic) bond motifs is 1. The first-order valence-electron chi connectivity index (χ1n) is 3.74. The molecule has 5 heteroatoms. The summed E-state index contributed by atoms with van der Waals surface area (Å²) >= 11 is 0.704. The van der Waals surface area contributed by atoms with Gasteiger partial charge in [-0.05, 0) is 12.1 Å². The summed E-state index contributed by atoms with van der Waals surface area (Å²) in [4.78, 5) is -0.246. The lowest BCUT2D eigenvalue weighted by atomic mass is 10.2. The average molecular weight is 220 g/mol. The fourth-order valence-corrected chi connectivity index (χ4v) is 2.15. The largest absolute Gasteiger partial charge is 0.272 e. The molecule has 0 fully saturated rings. The van der Waals surface area contributed by atoms with Gasteiger partial charge >= 0.3 is 0 Å². The number of alkyl halides is 2. The molecule has 2 rings (SSSR count). The molecule has 0 nitrogen and oxygen atoms in total. The van der Waals surface area contributed by atoms with Gasteiger partial charge in [0.25, 0.3) is 6.43 Å². The zero-order chi connectivity index (χ0) is 10.3. The van der Waals surface area contributed by atoms with Crippen molar-refractivity contribution in [3.05, 3.63) is 34.7 Å². The van der Waals surface area contributed by atoms with E-state index in [4.69, 9.17) is 0 Å². The smallest absolute Gasteiger partial charge is 0.207 e. The number of rotatable bonds is 1. The van der Waals surface area contributed by atoms with Crippen LogP contribution in [0.4, 0.5) is 17.6 Å². The molecule has 1 aromatic carbocycles. The minimum atomic E-state index is -2.64. The van der Waals surface area contributed by atoms with Crippen molar-refractivity contribution in [3.8, 4) is 0 Å². The van der Waals surface area contributed by atoms with Crippen molar-refractivity contribution < 1.29 is 17.6 Å². The maximum absolute atomic E-state index is 13.0. The van der Waals surface area contributed by atoms with Gasteiger partial charge in [0.15, 0.2) is 0 Å². The molecular formula is C9H4F4S. The van der Waals surface area contributed by atoms with E-state index in [-0.39, 0.29) is 15.0 Å². The maximum atomic E-state index is 13.0. The number of thiophene rings is 1. The molecule has 0 spiro atoms. The van der Waals surface area contributed by atoms with E-state index in [1.165, 1.54) is 0 Å². The van der Waals surface area contributed by atoms with Crippen LogP contribution in [0.2, 0.25) is 0 Å². The third-order valence-electron chi connectivity index (χ3n) is 1.79.